The standard InChI is InChI=1S/C10H13NO5S2/c1-17(12,13)9-3-5-10(6-4-9)18(14,15)11-7-2-8-16-11/h3-6H,2,7-8H2,1H3. The van der Waals surface area contributed by atoms with Gasteiger partial charge in [0.25, 0.3) is 10.0 Å². The molecule has 1 aliphatic heterocycles. The van der Waals surface area contributed by atoms with E-state index in [1.165, 1.54) is 24.3 Å². The van der Waals surface area contributed by atoms with Gasteiger partial charge in [0.05, 0.1) is 16.4 Å². The highest BCUT2D eigenvalue weighted by atomic mass is 32.2. The Balaban J connectivity index is 2.35. The molecule has 0 atom stereocenters. The number of sulfonamides is 1. The van der Waals surface area contributed by atoms with Gasteiger partial charge in [0, 0.05) is 12.8 Å². The van der Waals surface area contributed by atoms with Crippen molar-refractivity contribution >= 4 is 19.9 Å². The van der Waals surface area contributed by atoms with E-state index < -0.39 is 19.9 Å². The predicted octanol–water partition coefficient (Wildman–Crippen LogP) is 0.416. The van der Waals surface area contributed by atoms with Gasteiger partial charge in [0.1, 0.15) is 0 Å². The smallest absolute Gasteiger partial charge is 0.265 e. The second kappa shape index (κ2) is 4.61. The Bertz CT molecular complexity index is 627. The number of benzene rings is 1. The lowest BCUT2D eigenvalue weighted by atomic mass is 10.4. The monoisotopic (exact) mass is 291 g/mol. The zero-order valence-corrected chi connectivity index (χ0v) is 11.4. The zero-order valence-electron chi connectivity index (χ0n) is 9.74. The maximum atomic E-state index is 12.0. The molecule has 100 valence electrons. The van der Waals surface area contributed by atoms with Crippen LogP contribution in [0.4, 0.5) is 0 Å². The summed E-state index contributed by atoms with van der Waals surface area (Å²) in [7, 11) is -7.01. The van der Waals surface area contributed by atoms with Gasteiger partial charge < -0.3 is 0 Å². The molecule has 0 unspecified atom stereocenters. The van der Waals surface area contributed by atoms with Crippen LogP contribution in [-0.4, -0.2) is 40.7 Å². The summed E-state index contributed by atoms with van der Waals surface area (Å²) in [6.45, 7) is 0.691. The normalized spacial score (nSPS) is 18.1. The van der Waals surface area contributed by atoms with Crippen molar-refractivity contribution in [2.45, 2.75) is 16.2 Å². The Morgan fingerprint density at radius 1 is 1.06 bits per heavy atom. The van der Waals surface area contributed by atoms with E-state index in [0.29, 0.717) is 19.6 Å². The van der Waals surface area contributed by atoms with Gasteiger partial charge in [-0.25, -0.2) is 16.8 Å². The van der Waals surface area contributed by atoms with Crippen molar-refractivity contribution < 1.29 is 21.7 Å². The molecule has 1 fully saturated rings. The van der Waals surface area contributed by atoms with Crippen molar-refractivity contribution in [3.8, 4) is 0 Å². The average Bonchev–Trinajstić information content (AvgIpc) is 2.82. The van der Waals surface area contributed by atoms with Gasteiger partial charge in [-0.2, -0.15) is 0 Å². The van der Waals surface area contributed by atoms with Crippen LogP contribution in [0.1, 0.15) is 6.42 Å². The van der Waals surface area contributed by atoms with Crippen LogP contribution in [0.3, 0.4) is 0 Å². The second-order valence-corrected chi connectivity index (χ2v) is 7.81. The van der Waals surface area contributed by atoms with Crippen LogP contribution in [0.5, 0.6) is 0 Å². The molecule has 0 spiro atoms. The van der Waals surface area contributed by atoms with E-state index in [1.807, 2.05) is 0 Å². The van der Waals surface area contributed by atoms with E-state index in [2.05, 4.69) is 0 Å². The third-order valence-electron chi connectivity index (χ3n) is 2.54. The Kier molecular flexibility index (Phi) is 3.45. The molecule has 6 nitrogen and oxygen atoms in total. The van der Waals surface area contributed by atoms with E-state index in [1.54, 1.807) is 0 Å². The number of hydrogen-bond acceptors (Lipinski definition) is 5. The van der Waals surface area contributed by atoms with E-state index in [4.69, 9.17) is 4.84 Å². The number of hydrogen-bond donors (Lipinski definition) is 0. The maximum absolute atomic E-state index is 12.0. The van der Waals surface area contributed by atoms with Crippen LogP contribution in [0.2, 0.25) is 0 Å². The molecule has 1 aromatic carbocycles. The van der Waals surface area contributed by atoms with Gasteiger partial charge in [0.2, 0.25) is 0 Å². The summed E-state index contributed by atoms with van der Waals surface area (Å²) in [6, 6.07) is 5.09. The molecule has 1 aliphatic rings. The van der Waals surface area contributed by atoms with E-state index in [0.717, 1.165) is 10.7 Å². The van der Waals surface area contributed by atoms with Crippen LogP contribution >= 0.6 is 0 Å². The van der Waals surface area contributed by atoms with Crippen LogP contribution in [0, 0.1) is 0 Å². The van der Waals surface area contributed by atoms with Gasteiger partial charge in [-0.05, 0) is 30.7 Å². The van der Waals surface area contributed by atoms with Crippen molar-refractivity contribution in [2.24, 2.45) is 0 Å². The van der Waals surface area contributed by atoms with Gasteiger partial charge in [-0.15, -0.1) is 0 Å². The van der Waals surface area contributed by atoms with Crippen LogP contribution in [0.15, 0.2) is 34.1 Å². The molecule has 18 heavy (non-hydrogen) atoms. The summed E-state index contributed by atoms with van der Waals surface area (Å²) in [5.41, 5.74) is 0. The molecule has 0 radical (unpaired) electrons. The van der Waals surface area contributed by atoms with Crippen LogP contribution < -0.4 is 0 Å². The molecule has 0 N–H and O–H groups in total. The van der Waals surface area contributed by atoms with Gasteiger partial charge >= 0.3 is 0 Å². The fourth-order valence-electron chi connectivity index (χ4n) is 1.59. The molecular weight excluding hydrogens is 278 g/mol. The molecule has 1 saturated heterocycles. The highest BCUT2D eigenvalue weighted by Gasteiger charge is 2.28. The van der Waals surface area contributed by atoms with Gasteiger partial charge in [-0.1, -0.05) is 4.47 Å². The molecule has 2 rings (SSSR count). The highest BCUT2D eigenvalue weighted by Crippen LogP contribution is 2.21. The number of sulfone groups is 1. The zero-order chi connectivity index (χ0) is 13.4. The SMILES string of the molecule is CS(=O)(=O)c1ccc(S(=O)(=O)N2CCCO2)cc1. The van der Waals surface area contributed by atoms with Gasteiger partial charge in [0.15, 0.2) is 9.84 Å². The fraction of sp³-hybridized carbons (Fsp3) is 0.400. The Labute approximate surface area is 106 Å². The first-order valence-electron chi connectivity index (χ1n) is 5.27. The largest absolute Gasteiger partial charge is 0.284 e. The number of rotatable bonds is 3. The van der Waals surface area contributed by atoms with Crippen molar-refractivity contribution in [3.63, 3.8) is 0 Å². The predicted molar refractivity (Wildman–Crippen MR) is 64.0 cm³/mol. The number of hydroxylamine groups is 1. The topological polar surface area (TPSA) is 80.8 Å². The summed E-state index contributed by atoms with van der Waals surface area (Å²) >= 11 is 0. The summed E-state index contributed by atoms with van der Waals surface area (Å²) < 4.78 is 47.6. The first-order chi connectivity index (χ1) is 8.32. The summed E-state index contributed by atoms with van der Waals surface area (Å²) in [4.78, 5) is 5.11. The first kappa shape index (κ1) is 13.5. The molecule has 1 aromatic rings. The average molecular weight is 291 g/mol. The summed E-state index contributed by atoms with van der Waals surface area (Å²) in [5.74, 6) is 0. The van der Waals surface area contributed by atoms with Gasteiger partial charge in [-0.3, -0.25) is 4.84 Å². The third-order valence-corrected chi connectivity index (χ3v) is 5.36. The lowest BCUT2D eigenvalue weighted by molar-refractivity contribution is -0.0284. The molecule has 8 heteroatoms. The van der Waals surface area contributed by atoms with E-state index in [-0.39, 0.29) is 9.79 Å². The first-order valence-corrected chi connectivity index (χ1v) is 8.61. The summed E-state index contributed by atoms with van der Waals surface area (Å²) in [5, 5.41) is 0. The quantitative estimate of drug-likeness (QED) is 0.806. The highest BCUT2D eigenvalue weighted by molar-refractivity contribution is 7.90. The van der Waals surface area contributed by atoms with Crippen molar-refractivity contribution in [2.75, 3.05) is 19.4 Å². The molecule has 0 amide bonds. The molecule has 0 aliphatic carbocycles. The lowest BCUT2D eigenvalue weighted by Gasteiger charge is -2.14. The molecule has 0 bridgehead atoms. The number of nitrogens with zero attached hydrogens (tertiary/aromatic N) is 1. The Morgan fingerprint density at radius 2 is 1.61 bits per heavy atom. The summed E-state index contributed by atoms with van der Waals surface area (Å²) in [6.07, 6.45) is 1.72. The molecule has 0 aromatic heterocycles. The second-order valence-electron chi connectivity index (χ2n) is 3.96. The fourth-order valence-corrected chi connectivity index (χ4v) is 3.52. The molecule has 1 heterocycles. The van der Waals surface area contributed by atoms with Crippen LogP contribution in [-0.2, 0) is 24.7 Å². The minimum atomic E-state index is -3.68. The van der Waals surface area contributed by atoms with Crippen molar-refractivity contribution in [3.05, 3.63) is 24.3 Å². The lowest BCUT2D eigenvalue weighted by Crippen LogP contribution is -2.26. The Hall–Kier alpha value is -0.960. The van der Waals surface area contributed by atoms with Crippen LogP contribution in [0.25, 0.3) is 0 Å². The van der Waals surface area contributed by atoms with E-state index in [9.17, 15) is 16.8 Å². The minimum absolute atomic E-state index is 0.0248. The Morgan fingerprint density at radius 3 is 2.06 bits per heavy atom. The molecule has 0 saturated carbocycles. The van der Waals surface area contributed by atoms with Crippen molar-refractivity contribution in [1.82, 2.24) is 4.47 Å². The van der Waals surface area contributed by atoms with E-state index >= 15 is 0 Å². The maximum Gasteiger partial charge on any atom is 0.265 e. The third kappa shape index (κ3) is 2.56. The molecular formula is C10H13NO5S2. The van der Waals surface area contributed by atoms with Crippen molar-refractivity contribution in [1.29, 1.82) is 0 Å². The minimum Gasteiger partial charge on any atom is -0.284 e.